The van der Waals surface area contributed by atoms with Crippen molar-refractivity contribution in [3.8, 4) is 0 Å². The molecule has 11 heteroatoms. The molecule has 0 saturated carbocycles. The van der Waals surface area contributed by atoms with Gasteiger partial charge in [0.05, 0.1) is 24.8 Å². The molecule has 0 bridgehead atoms. The lowest BCUT2D eigenvalue weighted by molar-refractivity contribution is -0.137. The van der Waals surface area contributed by atoms with Crippen LogP contribution in [0.25, 0.3) is 0 Å². The lowest BCUT2D eigenvalue weighted by Crippen LogP contribution is -2.48. The number of piperazine rings is 1. The summed E-state index contributed by atoms with van der Waals surface area (Å²) in [7, 11) is 1.58. The van der Waals surface area contributed by atoms with E-state index in [0.717, 1.165) is 17.8 Å². The zero-order chi connectivity index (χ0) is 23.4. The third-order valence-electron chi connectivity index (χ3n) is 5.74. The van der Waals surface area contributed by atoms with Gasteiger partial charge in [0, 0.05) is 39.0 Å². The summed E-state index contributed by atoms with van der Waals surface area (Å²) >= 11 is 0. The zero-order valence-corrected chi connectivity index (χ0v) is 18.0. The molecule has 0 radical (unpaired) electrons. The molecule has 1 saturated heterocycles. The average Bonchev–Trinajstić information content (AvgIpc) is 3.27. The number of halogens is 4. The van der Waals surface area contributed by atoms with Crippen LogP contribution in [-0.2, 0) is 17.5 Å². The Morgan fingerprint density at radius 1 is 0.970 bits per heavy atom. The highest BCUT2D eigenvalue weighted by molar-refractivity contribution is 5.46. The minimum Gasteiger partial charge on any atom is -0.383 e. The molecule has 0 N–H and O–H groups in total. The fourth-order valence-corrected chi connectivity index (χ4v) is 4.01. The van der Waals surface area contributed by atoms with Gasteiger partial charge in [-0.1, -0.05) is 12.1 Å². The number of tetrazole rings is 1. The maximum absolute atomic E-state index is 13.3. The summed E-state index contributed by atoms with van der Waals surface area (Å²) in [6, 6.07) is 11.0. The topological polar surface area (TPSA) is 59.3 Å². The van der Waals surface area contributed by atoms with E-state index in [0.29, 0.717) is 50.7 Å². The average molecular weight is 464 g/mol. The number of benzene rings is 2. The van der Waals surface area contributed by atoms with Crippen molar-refractivity contribution in [2.75, 3.05) is 44.8 Å². The number of rotatable bonds is 7. The summed E-state index contributed by atoms with van der Waals surface area (Å²) in [5, 5.41) is 12.1. The summed E-state index contributed by atoms with van der Waals surface area (Å²) in [5.74, 6) is 0.254. The van der Waals surface area contributed by atoms with Crippen molar-refractivity contribution in [2.45, 2.75) is 18.8 Å². The molecule has 0 spiro atoms. The van der Waals surface area contributed by atoms with E-state index in [1.165, 1.54) is 24.3 Å². The Balaban J connectivity index is 1.60. The van der Waals surface area contributed by atoms with E-state index in [2.05, 4.69) is 25.3 Å². The van der Waals surface area contributed by atoms with Gasteiger partial charge < -0.3 is 9.64 Å². The van der Waals surface area contributed by atoms with Crippen LogP contribution in [0.4, 0.5) is 23.2 Å². The Hall–Kier alpha value is -3.05. The van der Waals surface area contributed by atoms with Gasteiger partial charge in [-0.05, 0) is 52.4 Å². The second kappa shape index (κ2) is 9.84. The fraction of sp³-hybridized carbons (Fsp3) is 0.409. The summed E-state index contributed by atoms with van der Waals surface area (Å²) < 4.78 is 59.3. The molecule has 1 aliphatic heterocycles. The normalized spacial score (nSPS) is 16.2. The number of hydrogen-bond acceptors (Lipinski definition) is 6. The molecule has 7 nitrogen and oxygen atoms in total. The van der Waals surface area contributed by atoms with E-state index >= 15 is 0 Å². The van der Waals surface area contributed by atoms with Crippen molar-refractivity contribution in [3.05, 3.63) is 71.3 Å². The number of hydrogen-bond donors (Lipinski definition) is 0. The SMILES string of the molecule is COCCn1nnnc1C(c1ccc(C(F)(F)F)cc1)N1CCN(c2ccc(F)cc2)CC1. The van der Waals surface area contributed by atoms with Crippen molar-refractivity contribution in [1.29, 1.82) is 0 Å². The zero-order valence-electron chi connectivity index (χ0n) is 18.0. The van der Waals surface area contributed by atoms with Crippen molar-refractivity contribution >= 4 is 5.69 Å². The molecule has 0 amide bonds. The summed E-state index contributed by atoms with van der Waals surface area (Å²) in [4.78, 5) is 4.30. The fourth-order valence-electron chi connectivity index (χ4n) is 4.01. The largest absolute Gasteiger partial charge is 0.416 e. The van der Waals surface area contributed by atoms with Gasteiger partial charge in [-0.25, -0.2) is 9.07 Å². The maximum Gasteiger partial charge on any atom is 0.416 e. The van der Waals surface area contributed by atoms with Crippen LogP contribution in [0, 0.1) is 5.82 Å². The van der Waals surface area contributed by atoms with Gasteiger partial charge in [-0.3, -0.25) is 4.90 Å². The first-order valence-corrected chi connectivity index (χ1v) is 10.5. The van der Waals surface area contributed by atoms with E-state index < -0.39 is 17.8 Å². The summed E-state index contributed by atoms with van der Waals surface area (Å²) in [5.41, 5.74) is 0.892. The minimum atomic E-state index is -4.41. The summed E-state index contributed by atoms with van der Waals surface area (Å²) in [6.45, 7) is 3.41. The highest BCUT2D eigenvalue weighted by Crippen LogP contribution is 2.33. The van der Waals surface area contributed by atoms with Crippen LogP contribution >= 0.6 is 0 Å². The molecule has 3 aromatic rings. The first kappa shape index (κ1) is 23.1. The van der Waals surface area contributed by atoms with Crippen molar-refractivity contribution in [2.24, 2.45) is 0 Å². The second-order valence-electron chi connectivity index (χ2n) is 7.77. The van der Waals surface area contributed by atoms with Crippen LogP contribution in [0.5, 0.6) is 0 Å². The van der Waals surface area contributed by atoms with Crippen molar-refractivity contribution < 1.29 is 22.3 Å². The van der Waals surface area contributed by atoms with Crippen LogP contribution in [0.3, 0.4) is 0 Å². The Kier molecular flexibility index (Phi) is 6.89. The number of nitrogens with zero attached hydrogens (tertiary/aromatic N) is 6. The third-order valence-corrected chi connectivity index (χ3v) is 5.74. The maximum atomic E-state index is 13.3. The Bertz CT molecular complexity index is 1030. The molecule has 2 aromatic carbocycles. The molecule has 1 fully saturated rings. The van der Waals surface area contributed by atoms with E-state index in [-0.39, 0.29) is 5.82 Å². The molecule has 1 atom stereocenters. The number of methoxy groups -OCH3 is 1. The van der Waals surface area contributed by atoms with E-state index in [1.807, 2.05) is 0 Å². The molecule has 4 rings (SSSR count). The van der Waals surface area contributed by atoms with Gasteiger partial charge in [0.15, 0.2) is 5.82 Å². The molecule has 1 aromatic heterocycles. The molecular formula is C22H24F4N6O. The van der Waals surface area contributed by atoms with Gasteiger partial charge in [0.25, 0.3) is 0 Å². The third kappa shape index (κ3) is 5.31. The Morgan fingerprint density at radius 3 is 2.24 bits per heavy atom. The summed E-state index contributed by atoms with van der Waals surface area (Å²) in [6.07, 6.45) is -4.41. The second-order valence-corrected chi connectivity index (χ2v) is 7.77. The first-order chi connectivity index (χ1) is 15.9. The molecule has 1 aliphatic rings. The van der Waals surface area contributed by atoms with Gasteiger partial charge in [0.1, 0.15) is 5.82 Å². The quantitative estimate of drug-likeness (QED) is 0.500. The number of ether oxygens (including phenoxy) is 1. The van der Waals surface area contributed by atoms with E-state index in [4.69, 9.17) is 4.74 Å². The van der Waals surface area contributed by atoms with Gasteiger partial charge >= 0.3 is 6.18 Å². The predicted octanol–water partition coefficient (Wildman–Crippen LogP) is 3.39. The van der Waals surface area contributed by atoms with Gasteiger partial charge in [-0.2, -0.15) is 13.2 Å². The van der Waals surface area contributed by atoms with E-state index in [1.54, 1.807) is 23.9 Å². The lowest BCUT2D eigenvalue weighted by atomic mass is 10.0. The predicted molar refractivity (Wildman–Crippen MR) is 113 cm³/mol. The highest BCUT2D eigenvalue weighted by atomic mass is 19.4. The van der Waals surface area contributed by atoms with Crippen LogP contribution in [0.2, 0.25) is 0 Å². The van der Waals surface area contributed by atoms with Gasteiger partial charge in [-0.15, -0.1) is 5.10 Å². The van der Waals surface area contributed by atoms with Crippen molar-refractivity contribution in [1.82, 2.24) is 25.1 Å². The van der Waals surface area contributed by atoms with Crippen LogP contribution < -0.4 is 4.90 Å². The number of anilines is 1. The van der Waals surface area contributed by atoms with Crippen LogP contribution in [0.1, 0.15) is 23.0 Å². The number of aromatic nitrogens is 4. The minimum absolute atomic E-state index is 0.289. The molecule has 33 heavy (non-hydrogen) atoms. The van der Waals surface area contributed by atoms with Crippen LogP contribution in [-0.4, -0.2) is 65.0 Å². The van der Waals surface area contributed by atoms with Crippen LogP contribution in [0.15, 0.2) is 48.5 Å². The standard InChI is InChI=1S/C22H24F4N6O/c1-33-15-14-32-21(27-28-29-32)20(16-2-4-17(5-3-16)22(24,25)26)31-12-10-30(11-13-31)19-8-6-18(23)7-9-19/h2-9,20H,10-15H2,1H3. The molecular weight excluding hydrogens is 440 g/mol. The molecule has 2 heterocycles. The molecule has 1 unspecified atom stereocenters. The smallest absolute Gasteiger partial charge is 0.383 e. The van der Waals surface area contributed by atoms with Gasteiger partial charge in [0.2, 0.25) is 0 Å². The highest BCUT2D eigenvalue weighted by Gasteiger charge is 2.33. The molecule has 0 aliphatic carbocycles. The Labute approximate surface area is 188 Å². The Morgan fingerprint density at radius 2 is 1.64 bits per heavy atom. The monoisotopic (exact) mass is 464 g/mol. The van der Waals surface area contributed by atoms with E-state index in [9.17, 15) is 17.6 Å². The van der Waals surface area contributed by atoms with Crippen molar-refractivity contribution in [3.63, 3.8) is 0 Å². The first-order valence-electron chi connectivity index (χ1n) is 10.5. The molecule has 176 valence electrons. The lowest BCUT2D eigenvalue weighted by Gasteiger charge is -2.40. The number of alkyl halides is 3.